The Morgan fingerprint density at radius 3 is 2.55 bits per heavy atom. The number of hydrogen-bond donors (Lipinski definition) is 1. The Bertz CT molecular complexity index is 960. The van der Waals surface area contributed by atoms with Crippen LogP contribution in [0.1, 0.15) is 24.0 Å². The molecule has 0 bridgehead atoms. The predicted octanol–water partition coefficient (Wildman–Crippen LogP) is 4.26. The van der Waals surface area contributed by atoms with Gasteiger partial charge in [0.2, 0.25) is 11.8 Å². The van der Waals surface area contributed by atoms with Crippen molar-refractivity contribution in [3.63, 3.8) is 0 Å². The molecule has 1 aliphatic rings. The Morgan fingerprint density at radius 2 is 1.90 bits per heavy atom. The lowest BCUT2D eigenvalue weighted by molar-refractivity contribution is -0.117. The number of aromatic nitrogens is 1. The third-order valence-corrected chi connectivity index (χ3v) is 5.07. The van der Waals surface area contributed by atoms with Gasteiger partial charge in [0.1, 0.15) is 11.4 Å². The number of methoxy groups -OCH3 is 1. The van der Waals surface area contributed by atoms with Crippen LogP contribution in [0.25, 0.3) is 11.3 Å². The molecule has 4 rings (SSSR count). The molecular weight excluding hydrogens is 366 g/mol. The van der Waals surface area contributed by atoms with E-state index < -0.39 is 0 Å². The van der Waals surface area contributed by atoms with Crippen LogP contribution < -0.4 is 10.1 Å². The first-order valence-electron chi connectivity index (χ1n) is 9.81. The van der Waals surface area contributed by atoms with Crippen LogP contribution in [0.2, 0.25) is 0 Å². The van der Waals surface area contributed by atoms with Crippen LogP contribution in [-0.4, -0.2) is 35.7 Å². The molecule has 1 aliphatic carbocycles. The first kappa shape index (κ1) is 19.2. The summed E-state index contributed by atoms with van der Waals surface area (Å²) in [5, 5.41) is 6.90. The summed E-state index contributed by atoms with van der Waals surface area (Å²) in [6.07, 6.45) is 2.26. The van der Waals surface area contributed by atoms with Crippen LogP contribution in [0.15, 0.2) is 59.1 Å². The van der Waals surface area contributed by atoms with Crippen molar-refractivity contribution in [2.24, 2.45) is 0 Å². The van der Waals surface area contributed by atoms with Gasteiger partial charge in [-0.15, -0.1) is 0 Å². The molecule has 0 atom stereocenters. The van der Waals surface area contributed by atoms with Crippen LogP contribution >= 0.6 is 0 Å². The van der Waals surface area contributed by atoms with Crippen LogP contribution in [0, 0.1) is 6.92 Å². The van der Waals surface area contributed by atoms with E-state index in [4.69, 9.17) is 9.26 Å². The van der Waals surface area contributed by atoms with Gasteiger partial charge in [0.15, 0.2) is 0 Å². The molecule has 150 valence electrons. The molecule has 1 heterocycles. The summed E-state index contributed by atoms with van der Waals surface area (Å²) < 4.78 is 10.5. The molecule has 0 aliphatic heterocycles. The average molecular weight is 391 g/mol. The Kier molecular flexibility index (Phi) is 5.62. The normalized spacial score (nSPS) is 13.5. The van der Waals surface area contributed by atoms with Crippen molar-refractivity contribution in [2.75, 3.05) is 19.0 Å². The number of benzene rings is 2. The number of nitrogens with zero attached hydrogens (tertiary/aromatic N) is 2. The van der Waals surface area contributed by atoms with E-state index in [1.54, 1.807) is 13.2 Å². The van der Waals surface area contributed by atoms with Gasteiger partial charge in [0.05, 0.1) is 13.7 Å². The lowest BCUT2D eigenvalue weighted by atomic mass is 10.1. The van der Waals surface area contributed by atoms with Crippen molar-refractivity contribution in [1.82, 2.24) is 10.1 Å². The standard InChI is InChI=1S/C23H25N3O3/c1-16-3-7-18(8-4-16)21-13-23(29-25-21)24-22(27)15-26(19-9-10-19)14-17-5-11-20(28-2)12-6-17/h3-8,11-13,19H,9-10,14-15H2,1-2H3,(H,24,27). The Labute approximate surface area is 170 Å². The minimum atomic E-state index is -0.1000. The topological polar surface area (TPSA) is 67.6 Å². The fourth-order valence-corrected chi connectivity index (χ4v) is 3.28. The second kappa shape index (κ2) is 8.49. The summed E-state index contributed by atoms with van der Waals surface area (Å²) in [5.74, 6) is 1.10. The van der Waals surface area contributed by atoms with Gasteiger partial charge in [0.25, 0.3) is 0 Å². The van der Waals surface area contributed by atoms with Gasteiger partial charge in [-0.3, -0.25) is 15.0 Å². The smallest absolute Gasteiger partial charge is 0.240 e. The molecule has 6 heteroatoms. The first-order valence-corrected chi connectivity index (χ1v) is 9.81. The summed E-state index contributed by atoms with van der Waals surface area (Å²) in [4.78, 5) is 14.8. The second-order valence-corrected chi connectivity index (χ2v) is 7.47. The highest BCUT2D eigenvalue weighted by Gasteiger charge is 2.30. The van der Waals surface area contributed by atoms with Crippen LogP contribution in [0.5, 0.6) is 5.75 Å². The van der Waals surface area contributed by atoms with Crippen LogP contribution in [0.3, 0.4) is 0 Å². The highest BCUT2D eigenvalue weighted by Crippen LogP contribution is 2.29. The van der Waals surface area contributed by atoms with Crippen molar-refractivity contribution >= 4 is 11.8 Å². The van der Waals surface area contributed by atoms with E-state index in [0.717, 1.165) is 36.3 Å². The fourth-order valence-electron chi connectivity index (χ4n) is 3.28. The number of rotatable bonds is 8. The minimum Gasteiger partial charge on any atom is -0.497 e. The number of anilines is 1. The van der Waals surface area contributed by atoms with E-state index >= 15 is 0 Å². The zero-order valence-corrected chi connectivity index (χ0v) is 16.7. The van der Waals surface area contributed by atoms with E-state index in [-0.39, 0.29) is 5.91 Å². The van der Waals surface area contributed by atoms with Crippen LogP contribution in [0.4, 0.5) is 5.88 Å². The molecule has 0 unspecified atom stereocenters. The van der Waals surface area contributed by atoms with Gasteiger partial charge in [0, 0.05) is 24.2 Å². The molecule has 3 aromatic rings. The minimum absolute atomic E-state index is 0.1000. The molecule has 1 fully saturated rings. The number of amides is 1. The molecule has 6 nitrogen and oxygen atoms in total. The quantitative estimate of drug-likeness (QED) is 0.621. The molecule has 0 spiro atoms. The Morgan fingerprint density at radius 1 is 1.17 bits per heavy atom. The van der Waals surface area contributed by atoms with Crippen molar-refractivity contribution in [1.29, 1.82) is 0 Å². The lowest BCUT2D eigenvalue weighted by Crippen LogP contribution is -2.34. The summed E-state index contributed by atoms with van der Waals surface area (Å²) >= 11 is 0. The van der Waals surface area contributed by atoms with E-state index in [1.807, 2.05) is 55.5 Å². The van der Waals surface area contributed by atoms with E-state index in [2.05, 4.69) is 15.4 Å². The summed E-state index contributed by atoms with van der Waals surface area (Å²) in [5.41, 5.74) is 4.01. The summed E-state index contributed by atoms with van der Waals surface area (Å²) in [7, 11) is 1.66. The maximum atomic E-state index is 12.6. The summed E-state index contributed by atoms with van der Waals surface area (Å²) in [6, 6.07) is 18.2. The molecule has 0 saturated heterocycles. The number of nitrogens with one attached hydrogen (secondary N) is 1. The monoisotopic (exact) mass is 391 g/mol. The van der Waals surface area contributed by atoms with E-state index in [0.29, 0.717) is 24.2 Å². The third-order valence-electron chi connectivity index (χ3n) is 5.07. The largest absolute Gasteiger partial charge is 0.497 e. The zero-order valence-electron chi connectivity index (χ0n) is 16.7. The molecule has 2 aromatic carbocycles. The number of carbonyl (C=O) groups is 1. The number of aryl methyl sites for hydroxylation is 1. The number of ether oxygens (including phenoxy) is 1. The van der Waals surface area contributed by atoms with Gasteiger partial charge in [-0.05, 0) is 37.5 Å². The maximum absolute atomic E-state index is 12.6. The number of carbonyl (C=O) groups excluding carboxylic acids is 1. The summed E-state index contributed by atoms with van der Waals surface area (Å²) in [6.45, 7) is 3.08. The Hall–Kier alpha value is -3.12. The van der Waals surface area contributed by atoms with Crippen LogP contribution in [-0.2, 0) is 11.3 Å². The molecule has 29 heavy (non-hydrogen) atoms. The Balaban J connectivity index is 1.36. The molecular formula is C23H25N3O3. The highest BCUT2D eigenvalue weighted by molar-refractivity contribution is 5.91. The second-order valence-electron chi connectivity index (χ2n) is 7.47. The average Bonchev–Trinajstić information content (AvgIpc) is 3.48. The van der Waals surface area contributed by atoms with Crippen molar-refractivity contribution < 1.29 is 14.1 Å². The van der Waals surface area contributed by atoms with Crippen molar-refractivity contribution in [3.05, 3.63) is 65.7 Å². The first-order chi connectivity index (χ1) is 14.1. The SMILES string of the molecule is COc1ccc(CN(CC(=O)Nc2cc(-c3ccc(C)cc3)no2)C2CC2)cc1. The zero-order chi connectivity index (χ0) is 20.2. The maximum Gasteiger partial charge on any atom is 0.240 e. The molecule has 1 N–H and O–H groups in total. The number of hydrogen-bond acceptors (Lipinski definition) is 5. The molecule has 1 saturated carbocycles. The third kappa shape index (κ3) is 5.03. The molecule has 1 aromatic heterocycles. The van der Waals surface area contributed by atoms with Gasteiger partial charge in [-0.25, -0.2) is 0 Å². The van der Waals surface area contributed by atoms with Gasteiger partial charge >= 0.3 is 0 Å². The van der Waals surface area contributed by atoms with Gasteiger partial charge in [-0.2, -0.15) is 0 Å². The highest BCUT2D eigenvalue weighted by atomic mass is 16.5. The van der Waals surface area contributed by atoms with Gasteiger partial charge in [-0.1, -0.05) is 47.1 Å². The van der Waals surface area contributed by atoms with Crippen molar-refractivity contribution in [3.8, 4) is 17.0 Å². The fraction of sp³-hybridized carbons (Fsp3) is 0.304. The molecule has 0 radical (unpaired) electrons. The van der Waals surface area contributed by atoms with Crippen molar-refractivity contribution in [2.45, 2.75) is 32.4 Å². The van der Waals surface area contributed by atoms with Gasteiger partial charge < -0.3 is 9.26 Å². The molecule has 1 amide bonds. The van der Waals surface area contributed by atoms with E-state index in [1.165, 1.54) is 5.56 Å². The van der Waals surface area contributed by atoms with E-state index in [9.17, 15) is 4.79 Å². The predicted molar refractivity (Wildman–Crippen MR) is 112 cm³/mol. The lowest BCUT2D eigenvalue weighted by Gasteiger charge is -2.21.